The lowest BCUT2D eigenvalue weighted by molar-refractivity contribution is -0.132. The Morgan fingerprint density at radius 2 is 1.69 bits per heavy atom. The van der Waals surface area contributed by atoms with E-state index in [0.717, 1.165) is 0 Å². The van der Waals surface area contributed by atoms with E-state index in [-0.39, 0.29) is 6.04 Å². The van der Waals surface area contributed by atoms with Gasteiger partial charge in [0.05, 0.1) is 0 Å². The van der Waals surface area contributed by atoms with Gasteiger partial charge in [-0.25, -0.2) is 10.2 Å². The van der Waals surface area contributed by atoms with Crippen molar-refractivity contribution in [1.82, 2.24) is 16.2 Å². The quantitative estimate of drug-likeness (QED) is 0.542. The number of carbonyl (C=O) groups is 2. The van der Waals surface area contributed by atoms with Gasteiger partial charge in [-0.1, -0.05) is 0 Å². The van der Waals surface area contributed by atoms with Gasteiger partial charge in [0.15, 0.2) is 0 Å². The average molecular weight is 195 g/mol. The number of urea groups is 1. The van der Waals surface area contributed by atoms with E-state index in [2.05, 4.69) is 5.32 Å². The fraction of sp³-hybridized carbons (Fsp3) is 0.667. The molecule has 0 atom stereocenters. The minimum Gasteiger partial charge on any atom is -0.335 e. The van der Waals surface area contributed by atoms with Crippen LogP contribution in [0.25, 0.3) is 0 Å². The first-order valence-corrected chi connectivity index (χ1v) is 3.58. The molecule has 0 unspecified atom stereocenters. The molecular weight excluding hydrogens is 184 g/mol. The molecule has 0 aliphatic rings. The summed E-state index contributed by atoms with van der Waals surface area (Å²) >= 11 is 0. The van der Waals surface area contributed by atoms with Crippen molar-refractivity contribution in [2.45, 2.75) is 26.3 Å². The van der Waals surface area contributed by atoms with Crippen molar-refractivity contribution in [2.75, 3.05) is 0 Å². The van der Waals surface area contributed by atoms with Crippen molar-refractivity contribution in [3.8, 4) is 0 Å². The first kappa shape index (κ1) is 11.6. The molecule has 5 nitrogen and oxygen atoms in total. The number of carbonyl (C=O) groups excluding carboxylic acids is 2. The van der Waals surface area contributed by atoms with Crippen LogP contribution in [0.15, 0.2) is 0 Å². The largest absolute Gasteiger partial charge is 0.335 e. The Kier molecular flexibility index (Phi) is 4.71. The van der Waals surface area contributed by atoms with Crippen LogP contribution in [-0.2, 0) is 4.79 Å². The summed E-state index contributed by atoms with van der Waals surface area (Å²) in [4.78, 5) is 20.9. The second-order valence-corrected chi connectivity index (χ2v) is 2.54. The zero-order chi connectivity index (χ0) is 10.4. The smallest absolute Gasteiger partial charge is 0.333 e. The van der Waals surface area contributed by atoms with Gasteiger partial charge in [-0.15, -0.1) is 0 Å². The van der Waals surface area contributed by atoms with Crippen molar-refractivity contribution >= 4 is 11.9 Å². The standard InChI is InChI=1S/C6H11F2N3O2/c1-3(2)9-6(13)11-10-5(12)4(7)8/h3-4H,1-2H3,(H,10,12)(H2,9,11,13). The molecule has 0 aromatic carbocycles. The van der Waals surface area contributed by atoms with E-state index < -0.39 is 18.4 Å². The highest BCUT2D eigenvalue weighted by molar-refractivity contribution is 5.82. The number of alkyl halides is 2. The minimum atomic E-state index is -3.14. The zero-order valence-corrected chi connectivity index (χ0v) is 7.23. The second-order valence-electron chi connectivity index (χ2n) is 2.54. The van der Waals surface area contributed by atoms with Gasteiger partial charge in [0.1, 0.15) is 0 Å². The van der Waals surface area contributed by atoms with Gasteiger partial charge >= 0.3 is 18.4 Å². The van der Waals surface area contributed by atoms with Crippen LogP contribution in [0.5, 0.6) is 0 Å². The van der Waals surface area contributed by atoms with E-state index in [4.69, 9.17) is 0 Å². The van der Waals surface area contributed by atoms with E-state index >= 15 is 0 Å². The summed E-state index contributed by atoms with van der Waals surface area (Å²) in [6, 6.07) is -0.868. The molecule has 0 spiro atoms. The fourth-order valence-electron chi connectivity index (χ4n) is 0.471. The topological polar surface area (TPSA) is 70.2 Å². The molecule has 3 amide bonds. The summed E-state index contributed by atoms with van der Waals surface area (Å²) in [5.74, 6) is -1.54. The lowest BCUT2D eigenvalue weighted by atomic mass is 10.4. The van der Waals surface area contributed by atoms with E-state index in [0.29, 0.717) is 0 Å². The summed E-state index contributed by atoms with van der Waals surface area (Å²) in [5, 5.41) is 2.33. The Morgan fingerprint density at radius 1 is 1.15 bits per heavy atom. The van der Waals surface area contributed by atoms with Crippen LogP contribution >= 0.6 is 0 Å². The lowest BCUT2D eigenvalue weighted by Gasteiger charge is -2.10. The fourth-order valence-corrected chi connectivity index (χ4v) is 0.471. The summed E-state index contributed by atoms with van der Waals surface area (Å²) in [7, 11) is 0. The van der Waals surface area contributed by atoms with Gasteiger partial charge in [0.2, 0.25) is 0 Å². The molecule has 0 aliphatic heterocycles. The van der Waals surface area contributed by atoms with Crippen LogP contribution in [-0.4, -0.2) is 24.4 Å². The monoisotopic (exact) mass is 195 g/mol. The third kappa shape index (κ3) is 5.83. The predicted molar refractivity (Wildman–Crippen MR) is 41.0 cm³/mol. The average Bonchev–Trinajstić information content (AvgIpc) is 1.98. The number of amides is 3. The number of nitrogens with one attached hydrogen (secondary N) is 3. The Morgan fingerprint density at radius 3 is 2.08 bits per heavy atom. The van der Waals surface area contributed by atoms with Crippen LogP contribution in [0.1, 0.15) is 13.8 Å². The van der Waals surface area contributed by atoms with Gasteiger partial charge in [0.25, 0.3) is 0 Å². The van der Waals surface area contributed by atoms with E-state index in [9.17, 15) is 18.4 Å². The molecule has 76 valence electrons. The molecule has 7 heteroatoms. The Bertz CT molecular complexity index is 196. The van der Waals surface area contributed by atoms with Crippen LogP contribution in [0.2, 0.25) is 0 Å². The van der Waals surface area contributed by atoms with Crippen LogP contribution in [0.4, 0.5) is 13.6 Å². The maximum Gasteiger partial charge on any atom is 0.333 e. The minimum absolute atomic E-state index is 0.136. The SMILES string of the molecule is CC(C)NC(=O)NNC(=O)C(F)F. The number of rotatable bonds is 2. The Balaban J connectivity index is 3.64. The molecule has 3 N–H and O–H groups in total. The molecule has 0 saturated heterocycles. The van der Waals surface area contributed by atoms with Crippen LogP contribution < -0.4 is 16.2 Å². The maximum absolute atomic E-state index is 11.6. The van der Waals surface area contributed by atoms with Gasteiger partial charge < -0.3 is 5.32 Å². The second kappa shape index (κ2) is 5.28. The van der Waals surface area contributed by atoms with Crippen molar-refractivity contribution < 1.29 is 18.4 Å². The van der Waals surface area contributed by atoms with Crippen molar-refractivity contribution in [3.05, 3.63) is 0 Å². The third-order valence-electron chi connectivity index (χ3n) is 0.917. The highest BCUT2D eigenvalue weighted by Crippen LogP contribution is 1.88. The molecule has 13 heavy (non-hydrogen) atoms. The van der Waals surface area contributed by atoms with Gasteiger partial charge in [-0.05, 0) is 13.8 Å². The van der Waals surface area contributed by atoms with Crippen molar-refractivity contribution in [3.63, 3.8) is 0 Å². The van der Waals surface area contributed by atoms with Gasteiger partial charge in [-0.2, -0.15) is 8.78 Å². The Labute approximate surface area is 73.8 Å². The molecule has 0 aromatic heterocycles. The molecule has 0 rings (SSSR count). The van der Waals surface area contributed by atoms with Gasteiger partial charge in [-0.3, -0.25) is 10.2 Å². The van der Waals surface area contributed by atoms with E-state index in [1.807, 2.05) is 0 Å². The first-order chi connectivity index (χ1) is 5.93. The summed E-state index contributed by atoms with van der Waals surface area (Å²) < 4.78 is 23.1. The third-order valence-corrected chi connectivity index (χ3v) is 0.917. The van der Waals surface area contributed by atoms with Crippen molar-refractivity contribution in [1.29, 1.82) is 0 Å². The van der Waals surface area contributed by atoms with E-state index in [1.54, 1.807) is 19.3 Å². The molecule has 0 bridgehead atoms. The molecule has 0 fully saturated rings. The molecule has 0 saturated carbocycles. The molecule has 0 radical (unpaired) electrons. The maximum atomic E-state index is 11.6. The molecule has 0 heterocycles. The highest BCUT2D eigenvalue weighted by Gasteiger charge is 2.15. The number of hydrazine groups is 1. The number of hydrogen-bond acceptors (Lipinski definition) is 2. The summed E-state index contributed by atoms with van der Waals surface area (Å²) in [5.41, 5.74) is 3.30. The normalized spacial score (nSPS) is 10.0. The predicted octanol–water partition coefficient (Wildman–Crippen LogP) is -0.00970. The number of halogens is 2. The number of hydrogen-bond donors (Lipinski definition) is 3. The Hall–Kier alpha value is -1.40. The highest BCUT2D eigenvalue weighted by atomic mass is 19.3. The lowest BCUT2D eigenvalue weighted by Crippen LogP contribution is -2.50. The summed E-state index contributed by atoms with van der Waals surface area (Å²) in [6.45, 7) is 3.38. The van der Waals surface area contributed by atoms with Crippen LogP contribution in [0.3, 0.4) is 0 Å². The molecule has 0 aromatic rings. The zero-order valence-electron chi connectivity index (χ0n) is 7.23. The molecular formula is C6H11F2N3O2. The summed E-state index contributed by atoms with van der Waals surface area (Å²) in [6.07, 6.45) is -3.14. The van der Waals surface area contributed by atoms with Gasteiger partial charge in [0, 0.05) is 6.04 Å². The van der Waals surface area contributed by atoms with E-state index in [1.165, 1.54) is 5.43 Å². The first-order valence-electron chi connectivity index (χ1n) is 3.58. The molecule has 0 aliphatic carbocycles. The van der Waals surface area contributed by atoms with Crippen LogP contribution in [0, 0.1) is 0 Å². The van der Waals surface area contributed by atoms with Crippen molar-refractivity contribution in [2.24, 2.45) is 0 Å².